The maximum atomic E-state index is 13.4. The van der Waals surface area contributed by atoms with Crippen LogP contribution in [0.2, 0.25) is 5.02 Å². The third kappa shape index (κ3) is 7.14. The largest absolute Gasteiger partial charge is 0.508 e. The molecule has 1 atom stereocenters. The summed E-state index contributed by atoms with van der Waals surface area (Å²) in [6.45, 7) is 0.0322. The van der Waals surface area contributed by atoms with E-state index >= 15 is 0 Å². The van der Waals surface area contributed by atoms with Gasteiger partial charge in [0.05, 0.1) is 6.54 Å². The molecule has 1 saturated heterocycles. The monoisotopic (exact) mass is 548 g/mol. The van der Waals surface area contributed by atoms with Crippen LogP contribution in [0.5, 0.6) is 5.75 Å². The van der Waals surface area contributed by atoms with Gasteiger partial charge in [-0.15, -0.1) is 0 Å². The van der Waals surface area contributed by atoms with Gasteiger partial charge in [0, 0.05) is 42.8 Å². The molecule has 0 aromatic heterocycles. The van der Waals surface area contributed by atoms with E-state index in [0.29, 0.717) is 16.3 Å². The van der Waals surface area contributed by atoms with Gasteiger partial charge in [-0.2, -0.15) is 0 Å². The van der Waals surface area contributed by atoms with Gasteiger partial charge >= 0.3 is 0 Å². The van der Waals surface area contributed by atoms with Crippen LogP contribution in [0.25, 0.3) is 0 Å². The predicted octanol–water partition coefficient (Wildman–Crippen LogP) is 2.72. The number of rotatable bonds is 8. The molecule has 1 aliphatic heterocycles. The second-order valence-electron chi connectivity index (χ2n) is 9.27. The van der Waals surface area contributed by atoms with Gasteiger partial charge in [0.25, 0.3) is 5.91 Å². The molecule has 39 heavy (non-hydrogen) atoms. The standard InChI is InChI=1S/C29H29ClN4O5/c1-32(23-11-9-22(30)10-12-23)29(39)25(17-20-5-3-2-4-6-20)31-26(36)18-33-15-16-34(19-27(33)37)28(38)21-7-13-24(35)14-8-21/h2-14,25,35H,15-19H2,1H3,(H,31,36)/t25-/m0/s1. The molecule has 3 aromatic rings. The van der Waals surface area contributed by atoms with E-state index in [-0.39, 0.29) is 56.1 Å². The van der Waals surface area contributed by atoms with E-state index in [0.717, 1.165) is 5.56 Å². The molecule has 1 aliphatic rings. The fraction of sp³-hybridized carbons (Fsp3) is 0.241. The van der Waals surface area contributed by atoms with Crippen molar-refractivity contribution in [2.75, 3.05) is 38.1 Å². The Hall–Kier alpha value is -4.37. The molecule has 0 radical (unpaired) electrons. The highest BCUT2D eigenvalue weighted by molar-refractivity contribution is 6.30. The summed E-state index contributed by atoms with van der Waals surface area (Å²) in [7, 11) is 1.63. The van der Waals surface area contributed by atoms with Crippen molar-refractivity contribution in [2.45, 2.75) is 12.5 Å². The highest BCUT2D eigenvalue weighted by Gasteiger charge is 2.31. The molecular formula is C29H29ClN4O5. The number of halogens is 1. The summed E-state index contributed by atoms with van der Waals surface area (Å²) < 4.78 is 0. The van der Waals surface area contributed by atoms with Crippen molar-refractivity contribution in [1.29, 1.82) is 0 Å². The first-order chi connectivity index (χ1) is 18.7. The van der Waals surface area contributed by atoms with Crippen molar-refractivity contribution < 1.29 is 24.3 Å². The number of amides is 4. The first-order valence-corrected chi connectivity index (χ1v) is 12.8. The first-order valence-electron chi connectivity index (χ1n) is 12.4. The highest BCUT2D eigenvalue weighted by Crippen LogP contribution is 2.19. The number of aromatic hydroxyl groups is 1. The molecular weight excluding hydrogens is 520 g/mol. The van der Waals surface area contributed by atoms with Crippen molar-refractivity contribution in [1.82, 2.24) is 15.1 Å². The Morgan fingerprint density at radius 2 is 1.64 bits per heavy atom. The van der Waals surface area contributed by atoms with Gasteiger partial charge in [-0.1, -0.05) is 41.9 Å². The molecule has 2 N–H and O–H groups in total. The number of nitrogens with one attached hydrogen (secondary N) is 1. The molecule has 4 amide bonds. The van der Waals surface area contributed by atoms with E-state index < -0.39 is 11.9 Å². The van der Waals surface area contributed by atoms with Gasteiger partial charge in [0.15, 0.2) is 0 Å². The molecule has 4 rings (SSSR count). The summed E-state index contributed by atoms with van der Waals surface area (Å²) in [4.78, 5) is 56.2. The van der Waals surface area contributed by atoms with Crippen molar-refractivity contribution in [3.8, 4) is 5.75 Å². The second-order valence-corrected chi connectivity index (χ2v) is 9.71. The Balaban J connectivity index is 1.40. The quantitative estimate of drug-likeness (QED) is 0.450. The molecule has 3 aromatic carbocycles. The van der Waals surface area contributed by atoms with Crippen LogP contribution in [-0.2, 0) is 20.8 Å². The zero-order valence-electron chi connectivity index (χ0n) is 21.4. The molecule has 1 heterocycles. The maximum Gasteiger partial charge on any atom is 0.254 e. The van der Waals surface area contributed by atoms with Gasteiger partial charge in [-0.3, -0.25) is 19.2 Å². The average molecular weight is 549 g/mol. The zero-order valence-corrected chi connectivity index (χ0v) is 22.2. The van der Waals surface area contributed by atoms with Crippen LogP contribution in [0.15, 0.2) is 78.9 Å². The number of likely N-dealkylation sites (N-methyl/N-ethyl adjacent to an activating group) is 1. The van der Waals surface area contributed by atoms with E-state index in [1.807, 2.05) is 30.3 Å². The van der Waals surface area contributed by atoms with Crippen molar-refractivity contribution in [3.05, 3.63) is 95.0 Å². The van der Waals surface area contributed by atoms with Crippen LogP contribution < -0.4 is 10.2 Å². The smallest absolute Gasteiger partial charge is 0.254 e. The van der Waals surface area contributed by atoms with Crippen molar-refractivity contribution >= 4 is 40.9 Å². The number of benzene rings is 3. The van der Waals surface area contributed by atoms with Crippen molar-refractivity contribution in [3.63, 3.8) is 0 Å². The van der Waals surface area contributed by atoms with Crippen LogP contribution in [-0.4, -0.2) is 77.8 Å². The maximum absolute atomic E-state index is 13.4. The lowest BCUT2D eigenvalue weighted by Crippen LogP contribution is -2.56. The SMILES string of the molecule is CN(C(=O)[C@H](Cc1ccccc1)NC(=O)CN1CCN(C(=O)c2ccc(O)cc2)CC1=O)c1ccc(Cl)cc1. The lowest BCUT2D eigenvalue weighted by Gasteiger charge is -2.34. The van der Waals surface area contributed by atoms with E-state index in [2.05, 4.69) is 5.32 Å². The minimum absolute atomic E-state index is 0.0434. The Kier molecular flexibility index (Phi) is 8.83. The zero-order chi connectivity index (χ0) is 27.9. The Morgan fingerprint density at radius 1 is 0.974 bits per heavy atom. The number of phenols is 1. The number of hydrogen-bond acceptors (Lipinski definition) is 5. The number of carbonyl (C=O) groups excluding carboxylic acids is 4. The van der Waals surface area contributed by atoms with Gasteiger partial charge in [-0.25, -0.2) is 0 Å². The average Bonchev–Trinajstić information content (AvgIpc) is 2.94. The summed E-state index contributed by atoms with van der Waals surface area (Å²) >= 11 is 5.98. The fourth-order valence-corrected chi connectivity index (χ4v) is 4.45. The Bertz CT molecular complexity index is 1330. The van der Waals surface area contributed by atoms with Crippen LogP contribution in [0, 0.1) is 0 Å². The van der Waals surface area contributed by atoms with Gasteiger partial charge in [-0.05, 0) is 54.1 Å². The molecule has 0 aliphatic carbocycles. The molecule has 1 fully saturated rings. The first kappa shape index (κ1) is 27.7. The summed E-state index contributed by atoms with van der Waals surface area (Å²) in [6, 6.07) is 21.1. The van der Waals surface area contributed by atoms with E-state index in [9.17, 15) is 24.3 Å². The summed E-state index contributed by atoms with van der Waals surface area (Å²) in [6.07, 6.45) is 0.270. The van der Waals surface area contributed by atoms with Gasteiger partial charge in [0.2, 0.25) is 17.7 Å². The third-order valence-corrected chi connectivity index (χ3v) is 6.77. The number of piperazine rings is 1. The van der Waals surface area contributed by atoms with E-state index in [4.69, 9.17) is 11.6 Å². The summed E-state index contributed by atoms with van der Waals surface area (Å²) in [5.41, 5.74) is 1.86. The molecule has 10 heteroatoms. The molecule has 202 valence electrons. The van der Waals surface area contributed by atoms with Crippen LogP contribution in [0.1, 0.15) is 15.9 Å². The number of carbonyl (C=O) groups is 4. The summed E-state index contributed by atoms with van der Waals surface area (Å²) in [5, 5.41) is 12.8. The molecule has 9 nitrogen and oxygen atoms in total. The van der Waals surface area contributed by atoms with Gasteiger partial charge < -0.3 is 25.1 Å². The number of anilines is 1. The predicted molar refractivity (Wildman–Crippen MR) is 148 cm³/mol. The van der Waals surface area contributed by atoms with Crippen LogP contribution >= 0.6 is 11.6 Å². The summed E-state index contributed by atoms with van der Waals surface area (Å²) in [5.74, 6) is -1.44. The Morgan fingerprint density at radius 3 is 2.28 bits per heavy atom. The van der Waals surface area contributed by atoms with E-state index in [1.54, 1.807) is 31.3 Å². The topological polar surface area (TPSA) is 110 Å². The lowest BCUT2D eigenvalue weighted by atomic mass is 10.0. The van der Waals surface area contributed by atoms with Crippen LogP contribution in [0.3, 0.4) is 0 Å². The highest BCUT2D eigenvalue weighted by atomic mass is 35.5. The molecule has 0 unspecified atom stereocenters. The third-order valence-electron chi connectivity index (χ3n) is 6.52. The second kappa shape index (κ2) is 12.4. The normalized spacial score (nSPS) is 14.1. The Labute approximate surface area is 231 Å². The number of phenolic OH excluding ortho intramolecular Hbond substituents is 1. The van der Waals surface area contributed by atoms with Crippen molar-refractivity contribution in [2.24, 2.45) is 0 Å². The fourth-order valence-electron chi connectivity index (χ4n) is 4.32. The number of hydrogen-bond donors (Lipinski definition) is 2. The van der Waals surface area contributed by atoms with Gasteiger partial charge in [0.1, 0.15) is 18.3 Å². The molecule has 0 spiro atoms. The minimum Gasteiger partial charge on any atom is -0.508 e. The lowest BCUT2D eigenvalue weighted by molar-refractivity contribution is -0.139. The molecule has 0 bridgehead atoms. The molecule has 0 saturated carbocycles. The number of nitrogens with zero attached hydrogens (tertiary/aromatic N) is 3. The van der Waals surface area contributed by atoms with E-state index in [1.165, 1.54) is 39.0 Å². The van der Waals surface area contributed by atoms with Crippen LogP contribution in [0.4, 0.5) is 5.69 Å². The minimum atomic E-state index is -0.868.